The molecule has 11 atom stereocenters. The third-order valence-corrected chi connectivity index (χ3v) is 21.5. The third-order valence-electron chi connectivity index (χ3n) is 20.4. The minimum absolute atomic E-state index is 0.0391. The molecule has 4 heterocycles. The lowest BCUT2D eigenvalue weighted by molar-refractivity contribution is -0.274. The Hall–Kier alpha value is -10.3. The summed E-state index contributed by atoms with van der Waals surface area (Å²) in [4.78, 5) is 105. The van der Waals surface area contributed by atoms with Crippen LogP contribution >= 0.6 is 31.9 Å². The largest absolute Gasteiger partial charge is 0.573 e. The molecular weight excluding hydrogens is 1650 g/mol. The Morgan fingerprint density at radius 1 is 0.419 bits per heavy atom. The lowest BCUT2D eigenvalue weighted by atomic mass is 9.87. The fraction of sp³-hybridized carbons (Fsp3) is 0.356. The quantitative estimate of drug-likeness (QED) is 0.0305. The Morgan fingerprint density at radius 2 is 0.761 bits per heavy atom. The molecule has 4 aliphatic heterocycles. The molecule has 1 saturated heterocycles. The van der Waals surface area contributed by atoms with Crippen molar-refractivity contribution in [3.63, 3.8) is 0 Å². The minimum atomic E-state index is -4.81. The molecule has 4 aliphatic rings. The number of aliphatic hydroxyl groups is 8. The molecule has 1 fully saturated rings. The number of hydrogen-bond acceptors (Lipinski definition) is 17. The van der Waals surface area contributed by atoms with Crippen molar-refractivity contribution in [1.82, 2.24) is 40.9 Å². The van der Waals surface area contributed by atoms with Crippen molar-refractivity contribution in [2.75, 3.05) is 19.6 Å². The second kappa shape index (κ2) is 41.7. The minimum Gasteiger partial charge on any atom is -0.406 e. The number of rotatable bonds is 22. The summed E-state index contributed by atoms with van der Waals surface area (Å²) in [5, 5.41) is 92.0. The van der Waals surface area contributed by atoms with Crippen molar-refractivity contribution in [2.24, 2.45) is 0 Å². The van der Waals surface area contributed by atoms with Crippen molar-refractivity contribution in [3.05, 3.63) is 276 Å². The highest BCUT2D eigenvalue weighted by molar-refractivity contribution is 9.10. The lowest BCUT2D eigenvalue weighted by Gasteiger charge is -2.31. The number of hydrogen-bond donors (Lipinski definition) is 12. The van der Waals surface area contributed by atoms with E-state index < -0.39 is 108 Å². The predicted octanol–water partition coefficient (Wildman–Crippen LogP) is 8.02. The summed E-state index contributed by atoms with van der Waals surface area (Å²) in [7, 11) is 0. The SMILES string of the molecule is CC(C)(C)c1ccc(CNC(=O)[C@H](O)[C@@H](O)C(=O)N2CCc3ccccc3C2)cc1.C[C@H](NC(=O)[C@H](O)[C@@H](O)C(=O)N1CCCC1c1ccccc1)c1ccc(Br)cc1.C[C@H](NC(=O)[C@H](O)[C@@H](O)C(=O)N1Cc2ccccc2C1)c1ccc(Br)cc1.O=C(NCc1ccc(OC(F)(F)F)cc1)[C@H](O)[C@@H](O)C(=O)N1CCc2ccccc2C1. The second-order valence-electron chi connectivity index (χ2n) is 29.8. The number of carbonyl (C=O) groups is 8. The monoisotopic (exact) mass is 1740 g/mol. The van der Waals surface area contributed by atoms with Gasteiger partial charge in [-0.25, -0.2) is 0 Å². The van der Waals surface area contributed by atoms with Crippen LogP contribution in [-0.4, -0.2) is 183 Å². The molecule has 0 aliphatic carbocycles. The van der Waals surface area contributed by atoms with Crippen LogP contribution in [0.2, 0.25) is 0 Å². The normalized spacial score (nSPS) is 16.8. The molecule has 8 amide bonds. The van der Waals surface area contributed by atoms with Crippen LogP contribution in [0.15, 0.2) is 209 Å². The van der Waals surface area contributed by atoms with Gasteiger partial charge in [-0.15, -0.1) is 13.2 Å². The van der Waals surface area contributed by atoms with E-state index in [0.717, 1.165) is 84.0 Å². The summed E-state index contributed by atoms with van der Waals surface area (Å²) >= 11 is 6.70. The average Bonchev–Trinajstić information content (AvgIpc) is 1.76. The van der Waals surface area contributed by atoms with Crippen LogP contribution < -0.4 is 26.0 Å². The zero-order valence-electron chi connectivity index (χ0n) is 65.0. The van der Waals surface area contributed by atoms with Crippen LogP contribution in [0.25, 0.3) is 0 Å². The van der Waals surface area contributed by atoms with E-state index in [1.54, 1.807) is 18.7 Å². The Balaban J connectivity index is 0.000000178. The molecule has 12 N–H and O–H groups in total. The van der Waals surface area contributed by atoms with Crippen molar-refractivity contribution < 1.29 is 97.1 Å². The highest BCUT2D eigenvalue weighted by Crippen LogP contribution is 2.34. The van der Waals surface area contributed by atoms with E-state index in [1.165, 1.54) is 38.0 Å². The summed E-state index contributed by atoms with van der Waals surface area (Å²) in [6, 6.07) is 59.0. The van der Waals surface area contributed by atoms with Crippen molar-refractivity contribution in [1.29, 1.82) is 0 Å². The number of fused-ring (bicyclic) bond motifs is 3. The Morgan fingerprint density at radius 3 is 1.15 bits per heavy atom. The summed E-state index contributed by atoms with van der Waals surface area (Å²) in [6.07, 6.45) is -16.8. The molecular formula is C87H97Br2F3N8O17. The van der Waals surface area contributed by atoms with Gasteiger partial charge in [0.2, 0.25) is 0 Å². The van der Waals surface area contributed by atoms with Crippen LogP contribution in [0.1, 0.15) is 132 Å². The topological polar surface area (TPSA) is 369 Å². The van der Waals surface area contributed by atoms with Crippen molar-refractivity contribution in [3.8, 4) is 5.75 Å². The van der Waals surface area contributed by atoms with Gasteiger partial charge < -0.3 is 86.5 Å². The van der Waals surface area contributed by atoms with E-state index in [1.807, 2.05) is 176 Å². The van der Waals surface area contributed by atoms with Gasteiger partial charge in [0.25, 0.3) is 47.3 Å². The number of alkyl halides is 3. The number of halogens is 5. The first-order valence-electron chi connectivity index (χ1n) is 38.0. The Bertz CT molecular complexity index is 4680. The van der Waals surface area contributed by atoms with Crippen molar-refractivity contribution in [2.45, 2.75) is 178 Å². The summed E-state index contributed by atoms with van der Waals surface area (Å²) in [6.45, 7) is 12.6. The number of aliphatic hydroxyl groups excluding tert-OH is 8. The van der Waals surface area contributed by atoms with Gasteiger partial charge in [-0.05, 0) is 148 Å². The predicted molar refractivity (Wildman–Crippen MR) is 433 cm³/mol. The fourth-order valence-corrected chi connectivity index (χ4v) is 14.1. The first-order valence-corrected chi connectivity index (χ1v) is 39.6. The van der Waals surface area contributed by atoms with E-state index in [0.29, 0.717) is 57.7 Å². The van der Waals surface area contributed by atoms with Gasteiger partial charge in [0.1, 0.15) is 5.75 Å². The molecule has 0 aromatic heterocycles. The maximum atomic E-state index is 12.8. The summed E-state index contributed by atoms with van der Waals surface area (Å²) in [5.74, 6) is -6.42. The van der Waals surface area contributed by atoms with Gasteiger partial charge >= 0.3 is 6.36 Å². The molecule has 30 heteroatoms. The molecule has 622 valence electrons. The number of amides is 8. The number of nitrogens with one attached hydrogen (secondary N) is 4. The van der Waals surface area contributed by atoms with Gasteiger partial charge in [0.15, 0.2) is 48.8 Å². The lowest BCUT2D eigenvalue weighted by Crippen LogP contribution is -2.51. The van der Waals surface area contributed by atoms with Gasteiger partial charge in [-0.3, -0.25) is 38.4 Å². The second-order valence-corrected chi connectivity index (χ2v) is 31.6. The highest BCUT2D eigenvalue weighted by atomic mass is 79.9. The van der Waals surface area contributed by atoms with Gasteiger partial charge in [0, 0.05) is 67.8 Å². The van der Waals surface area contributed by atoms with Gasteiger partial charge in [-0.2, -0.15) is 0 Å². The van der Waals surface area contributed by atoms with Crippen molar-refractivity contribution >= 4 is 79.1 Å². The van der Waals surface area contributed by atoms with Gasteiger partial charge in [0.05, 0.1) is 18.1 Å². The molecule has 0 spiro atoms. The van der Waals surface area contributed by atoms with E-state index in [9.17, 15) is 92.4 Å². The molecule has 117 heavy (non-hydrogen) atoms. The number of benzene rings is 8. The highest BCUT2D eigenvalue weighted by Gasteiger charge is 2.41. The zero-order chi connectivity index (χ0) is 85.0. The van der Waals surface area contributed by atoms with Gasteiger partial charge in [-0.1, -0.05) is 216 Å². The molecule has 8 aromatic rings. The number of ether oxygens (including phenoxy) is 1. The molecule has 25 nitrogen and oxygen atoms in total. The van der Waals surface area contributed by atoms with Crippen LogP contribution in [0, 0.1) is 0 Å². The molecule has 0 radical (unpaired) electrons. The smallest absolute Gasteiger partial charge is 0.406 e. The standard InChI is InChI=1S/C24H30N2O4.C22H25BrN2O4.C21H21F3N2O5.C20H21BrN2O4/c1-24(2,3)19-10-8-16(9-11-19)14-25-22(29)20(27)21(28)23(30)26-13-12-17-6-4-5-7-18(17)15-26;1-14(15-9-11-17(23)12-10-15)24-21(28)19(26)20(27)22(29)25-13-5-8-18(25)16-6-3-2-4-7-16;22-21(23,24)31-16-7-5-13(6-8-16)11-25-19(29)17(27)18(28)20(30)26-10-9-14-3-1-2-4-15(14)12-26;1-12(13-6-8-16(21)9-7-13)22-19(26)17(24)18(25)20(27)23-10-14-4-2-3-5-15(14)11-23/h4-11,20-21,27-28H,12-15H2,1-3H3,(H,25,29);2-4,6-7,9-12,14,18-20,26-27H,5,8,13H2,1H3,(H,24,28);1-8,17-18,27-28H,9-12H2,(H,25,29);2-9,12,17-18,24-25H,10-11H2,1H3,(H,22,26)/t20-,21-;14-,18?,19+,20+;17-,18-;12-,17+,18+/m1010/s1. The molecule has 0 bridgehead atoms. The maximum Gasteiger partial charge on any atom is 0.573 e. The van der Waals surface area contributed by atoms with Crippen LogP contribution in [0.4, 0.5) is 13.2 Å². The first-order chi connectivity index (χ1) is 55.5. The molecule has 0 saturated carbocycles. The third kappa shape index (κ3) is 25.4. The molecule has 1 unspecified atom stereocenters. The molecule has 8 aromatic carbocycles. The number of nitrogens with zero attached hydrogens (tertiary/aromatic N) is 4. The zero-order valence-corrected chi connectivity index (χ0v) is 68.2. The molecule has 12 rings (SSSR count). The Kier molecular flexibility index (Phi) is 32.3. The maximum absolute atomic E-state index is 12.8. The average molecular weight is 1740 g/mol. The first kappa shape index (κ1) is 90.7. The number of carbonyl (C=O) groups excluding carboxylic acids is 8. The number of likely N-dealkylation sites (tertiary alicyclic amines) is 1. The van der Waals surface area contributed by atoms with E-state index in [4.69, 9.17) is 0 Å². The van der Waals surface area contributed by atoms with E-state index >= 15 is 0 Å². The van der Waals surface area contributed by atoms with E-state index in [-0.39, 0.29) is 43.2 Å². The van der Waals surface area contributed by atoms with Crippen LogP contribution in [0.3, 0.4) is 0 Å². The summed E-state index contributed by atoms with van der Waals surface area (Å²) < 4.78 is 42.1. The summed E-state index contributed by atoms with van der Waals surface area (Å²) in [5.41, 5.74) is 11.4. The van der Waals surface area contributed by atoms with Crippen LogP contribution in [-0.2, 0) is 95.9 Å². The Labute approximate surface area is 692 Å². The fourth-order valence-electron chi connectivity index (χ4n) is 13.5. The van der Waals surface area contributed by atoms with E-state index in [2.05, 4.69) is 78.6 Å². The van der Waals surface area contributed by atoms with Crippen LogP contribution in [0.5, 0.6) is 5.75 Å².